The van der Waals surface area contributed by atoms with Crippen molar-refractivity contribution in [3.8, 4) is 11.5 Å². The van der Waals surface area contributed by atoms with Gasteiger partial charge in [0, 0.05) is 0 Å². The second kappa shape index (κ2) is 7.19. The Morgan fingerprint density at radius 2 is 2.00 bits per heavy atom. The van der Waals surface area contributed by atoms with Gasteiger partial charge in [-0.2, -0.15) is 9.78 Å². The van der Waals surface area contributed by atoms with Gasteiger partial charge in [-0.25, -0.2) is 0 Å². The summed E-state index contributed by atoms with van der Waals surface area (Å²) in [7, 11) is 1.44. The average Bonchev–Trinajstić information content (AvgIpc) is 2.66. The van der Waals surface area contributed by atoms with Crippen molar-refractivity contribution >= 4 is 34.3 Å². The standard InChI is InChI=1S/C17H14N4O4S/c1-25-14-8-10(6-7-13(14)22)9-18-19-17(26)21-16(24)12-5-3-2-4-11(12)15(23)20-21/h2-9,22H,1H3,(H,19,26)(H,20,23)/b18-9+. The first-order valence-electron chi connectivity index (χ1n) is 7.46. The first-order chi connectivity index (χ1) is 12.5. The maximum Gasteiger partial charge on any atom is 0.279 e. The molecule has 0 fully saturated rings. The number of phenols is 1. The molecular formula is C17H14N4O4S. The van der Waals surface area contributed by atoms with Gasteiger partial charge in [0.05, 0.1) is 24.1 Å². The minimum absolute atomic E-state index is 0.00780. The van der Waals surface area contributed by atoms with E-state index in [-0.39, 0.29) is 21.6 Å². The number of aromatic hydroxyl groups is 1. The predicted octanol–water partition coefficient (Wildman–Crippen LogP) is 1.16. The second-order valence-electron chi connectivity index (χ2n) is 5.23. The number of ether oxygens (including phenoxy) is 1. The number of hydrogen-bond donors (Lipinski definition) is 3. The zero-order chi connectivity index (χ0) is 18.7. The van der Waals surface area contributed by atoms with Crippen molar-refractivity contribution in [3.05, 3.63) is 68.7 Å². The highest BCUT2D eigenvalue weighted by Crippen LogP contribution is 2.25. The highest BCUT2D eigenvalue weighted by atomic mass is 32.1. The molecular weight excluding hydrogens is 356 g/mol. The lowest BCUT2D eigenvalue weighted by Gasteiger charge is -2.07. The van der Waals surface area contributed by atoms with Gasteiger partial charge in [-0.3, -0.25) is 20.1 Å². The zero-order valence-electron chi connectivity index (χ0n) is 13.6. The Morgan fingerprint density at radius 1 is 1.27 bits per heavy atom. The molecule has 3 aromatic rings. The summed E-state index contributed by atoms with van der Waals surface area (Å²) >= 11 is 5.12. The van der Waals surface area contributed by atoms with Crippen LogP contribution in [0.1, 0.15) is 5.56 Å². The van der Waals surface area contributed by atoms with Crippen LogP contribution in [0.15, 0.2) is 57.2 Å². The van der Waals surface area contributed by atoms with Crippen molar-refractivity contribution in [1.82, 2.24) is 15.2 Å². The molecule has 3 rings (SSSR count). The Morgan fingerprint density at radius 3 is 2.73 bits per heavy atom. The summed E-state index contributed by atoms with van der Waals surface area (Å²) < 4.78 is 5.93. The smallest absolute Gasteiger partial charge is 0.279 e. The van der Waals surface area contributed by atoms with Crippen LogP contribution >= 0.6 is 12.2 Å². The number of fused-ring (bicyclic) bond motifs is 1. The van der Waals surface area contributed by atoms with Crippen molar-refractivity contribution in [1.29, 1.82) is 0 Å². The maximum absolute atomic E-state index is 12.4. The molecule has 9 heteroatoms. The third kappa shape index (κ3) is 3.33. The lowest BCUT2D eigenvalue weighted by Crippen LogP contribution is -2.39. The Bertz CT molecular complexity index is 1130. The molecule has 0 bridgehead atoms. The van der Waals surface area contributed by atoms with Gasteiger partial charge in [0.1, 0.15) is 0 Å². The van der Waals surface area contributed by atoms with E-state index in [1.807, 2.05) is 0 Å². The van der Waals surface area contributed by atoms with Crippen LogP contribution < -0.4 is 21.3 Å². The van der Waals surface area contributed by atoms with Crippen LogP contribution in [0.25, 0.3) is 10.8 Å². The van der Waals surface area contributed by atoms with E-state index in [9.17, 15) is 14.7 Å². The van der Waals surface area contributed by atoms with Gasteiger partial charge < -0.3 is 9.84 Å². The SMILES string of the molecule is COc1cc(/C=N/NC(=S)n2[nH]c(=O)c3ccccc3c2=O)ccc1O. The van der Waals surface area contributed by atoms with Gasteiger partial charge in [0.15, 0.2) is 11.5 Å². The minimum atomic E-state index is -0.459. The van der Waals surface area contributed by atoms with Gasteiger partial charge in [0.25, 0.3) is 11.1 Å². The lowest BCUT2D eigenvalue weighted by atomic mass is 10.2. The molecule has 0 atom stereocenters. The van der Waals surface area contributed by atoms with Crippen LogP contribution in [0.2, 0.25) is 0 Å². The Hall–Kier alpha value is -3.46. The van der Waals surface area contributed by atoms with E-state index >= 15 is 0 Å². The fourth-order valence-corrected chi connectivity index (χ4v) is 2.51. The summed E-state index contributed by atoms with van der Waals surface area (Å²) in [6.45, 7) is 0. The molecule has 0 aliphatic rings. The minimum Gasteiger partial charge on any atom is -0.504 e. The topological polar surface area (TPSA) is 109 Å². The second-order valence-corrected chi connectivity index (χ2v) is 5.62. The molecule has 0 radical (unpaired) electrons. The molecule has 3 N–H and O–H groups in total. The molecule has 1 aromatic heterocycles. The lowest BCUT2D eigenvalue weighted by molar-refractivity contribution is 0.373. The summed E-state index contributed by atoms with van der Waals surface area (Å²) in [6.07, 6.45) is 1.43. The number of benzene rings is 2. The Kier molecular flexibility index (Phi) is 4.81. The van der Waals surface area contributed by atoms with Crippen molar-refractivity contribution in [2.24, 2.45) is 5.10 Å². The fourth-order valence-electron chi connectivity index (χ4n) is 2.33. The van der Waals surface area contributed by atoms with Gasteiger partial charge in [0.2, 0.25) is 5.11 Å². The van der Waals surface area contributed by atoms with Crippen LogP contribution in [-0.2, 0) is 0 Å². The first-order valence-corrected chi connectivity index (χ1v) is 7.86. The number of hydrogen-bond acceptors (Lipinski definition) is 6. The molecule has 0 aliphatic carbocycles. The highest BCUT2D eigenvalue weighted by Gasteiger charge is 2.09. The molecule has 0 spiro atoms. The first kappa shape index (κ1) is 17.4. The van der Waals surface area contributed by atoms with E-state index in [2.05, 4.69) is 15.6 Å². The third-order valence-corrected chi connectivity index (χ3v) is 3.87. The van der Waals surface area contributed by atoms with Crippen LogP contribution in [-0.4, -0.2) is 33.3 Å². The molecule has 8 nitrogen and oxygen atoms in total. The average molecular weight is 370 g/mol. The molecule has 0 unspecified atom stereocenters. The highest BCUT2D eigenvalue weighted by molar-refractivity contribution is 7.80. The normalized spacial score (nSPS) is 11.0. The molecule has 0 saturated heterocycles. The number of nitrogens with zero attached hydrogens (tertiary/aromatic N) is 2. The number of phenolic OH excluding ortho intramolecular Hbond substituents is 1. The van der Waals surface area contributed by atoms with E-state index in [4.69, 9.17) is 17.0 Å². The number of aromatic nitrogens is 2. The van der Waals surface area contributed by atoms with E-state index in [0.717, 1.165) is 4.68 Å². The Labute approximate surface area is 152 Å². The number of hydrazone groups is 1. The fraction of sp³-hybridized carbons (Fsp3) is 0.0588. The van der Waals surface area contributed by atoms with Crippen LogP contribution in [0.3, 0.4) is 0 Å². The third-order valence-electron chi connectivity index (χ3n) is 3.60. The molecule has 0 amide bonds. The summed E-state index contributed by atoms with van der Waals surface area (Å²) in [5.41, 5.74) is 2.26. The maximum atomic E-state index is 12.4. The summed E-state index contributed by atoms with van der Waals surface area (Å²) in [4.78, 5) is 24.5. The largest absolute Gasteiger partial charge is 0.504 e. The zero-order valence-corrected chi connectivity index (χ0v) is 14.4. The molecule has 26 heavy (non-hydrogen) atoms. The van der Waals surface area contributed by atoms with Gasteiger partial charge in [-0.05, 0) is 48.1 Å². The molecule has 0 aliphatic heterocycles. The number of aromatic amines is 1. The molecule has 0 saturated carbocycles. The molecule has 132 valence electrons. The number of nitrogens with one attached hydrogen (secondary N) is 2. The van der Waals surface area contributed by atoms with Crippen molar-refractivity contribution in [3.63, 3.8) is 0 Å². The van der Waals surface area contributed by atoms with Crippen molar-refractivity contribution in [2.45, 2.75) is 0 Å². The van der Waals surface area contributed by atoms with Crippen LogP contribution in [0, 0.1) is 0 Å². The van der Waals surface area contributed by atoms with E-state index in [1.165, 1.54) is 19.4 Å². The Balaban J connectivity index is 1.85. The monoisotopic (exact) mass is 370 g/mol. The summed E-state index contributed by atoms with van der Waals surface area (Å²) in [6, 6.07) is 11.1. The van der Waals surface area contributed by atoms with E-state index in [0.29, 0.717) is 11.3 Å². The summed E-state index contributed by atoms with van der Waals surface area (Å²) in [5.74, 6) is 0.306. The van der Waals surface area contributed by atoms with Crippen LogP contribution in [0.5, 0.6) is 11.5 Å². The van der Waals surface area contributed by atoms with Gasteiger partial charge in [-0.1, -0.05) is 12.1 Å². The van der Waals surface area contributed by atoms with E-state index < -0.39 is 11.1 Å². The quantitative estimate of drug-likeness (QED) is 0.363. The van der Waals surface area contributed by atoms with Gasteiger partial charge >= 0.3 is 0 Å². The number of methoxy groups -OCH3 is 1. The van der Waals surface area contributed by atoms with Crippen molar-refractivity contribution < 1.29 is 9.84 Å². The number of thiocarbonyl (C=S) groups is 1. The molecule has 2 aromatic carbocycles. The van der Waals surface area contributed by atoms with Crippen molar-refractivity contribution in [2.75, 3.05) is 7.11 Å². The van der Waals surface area contributed by atoms with Crippen LogP contribution in [0.4, 0.5) is 0 Å². The van der Waals surface area contributed by atoms with Gasteiger partial charge in [-0.15, -0.1) is 0 Å². The molecule has 1 heterocycles. The van der Waals surface area contributed by atoms with E-state index in [1.54, 1.807) is 36.4 Å². The number of rotatable bonds is 3. The summed E-state index contributed by atoms with van der Waals surface area (Å²) in [5, 5.41) is 16.4. The number of H-pyrrole nitrogens is 1. The predicted molar refractivity (Wildman–Crippen MR) is 102 cm³/mol.